The molecule has 0 bridgehead atoms. The van der Waals surface area contributed by atoms with Crippen LogP contribution in [0.5, 0.6) is 0 Å². The number of hydrogen-bond acceptors (Lipinski definition) is 4. The van der Waals surface area contributed by atoms with Gasteiger partial charge in [0.2, 0.25) is 0 Å². The zero-order valence-electron chi connectivity index (χ0n) is 15.7. The highest BCUT2D eigenvalue weighted by atomic mass is 15.2. The van der Waals surface area contributed by atoms with Gasteiger partial charge in [-0.2, -0.15) is 0 Å². The van der Waals surface area contributed by atoms with Crippen LogP contribution in [-0.4, -0.2) is 33.8 Å². The average molecular weight is 347 g/mol. The molecule has 0 saturated heterocycles. The largest absolute Gasteiger partial charge is 0.342 e. The first-order chi connectivity index (χ1) is 12.5. The predicted molar refractivity (Wildman–Crippen MR) is 109 cm³/mol. The molecular weight excluding hydrogens is 322 g/mol. The summed E-state index contributed by atoms with van der Waals surface area (Å²) in [6.45, 7) is 11.2. The number of aliphatic imine (C=N–C) groups is 1. The molecule has 0 aromatic carbocycles. The van der Waals surface area contributed by atoms with Gasteiger partial charge in [-0.3, -0.25) is 9.98 Å². The molecule has 0 fully saturated rings. The molecule has 0 radical (unpaired) electrons. The van der Waals surface area contributed by atoms with Crippen molar-refractivity contribution in [1.29, 1.82) is 0 Å². The summed E-state index contributed by atoms with van der Waals surface area (Å²) in [4.78, 5) is 15.4. The number of rotatable bonds is 7. The van der Waals surface area contributed by atoms with Crippen molar-refractivity contribution in [3.05, 3.63) is 67.0 Å². The number of anilines is 1. The van der Waals surface area contributed by atoms with Gasteiger partial charge >= 0.3 is 0 Å². The van der Waals surface area contributed by atoms with Gasteiger partial charge < -0.3 is 9.47 Å². The standard InChI is InChI=1S/C21H25N5/c1-6-8-15(2)19-11-17(12-23-19)21-24-14-20(26(21)5)16(3)25(4)18-9-7-10-22-13-18/h7,9-11,13-14H,2-3,6,8,12H2,1,4-5H3. The number of pyridine rings is 1. The zero-order chi connectivity index (χ0) is 18.7. The van der Waals surface area contributed by atoms with Crippen molar-refractivity contribution in [2.75, 3.05) is 18.5 Å². The van der Waals surface area contributed by atoms with Crippen LogP contribution < -0.4 is 4.90 Å². The Morgan fingerprint density at radius 3 is 2.81 bits per heavy atom. The van der Waals surface area contributed by atoms with Crippen LogP contribution in [0.1, 0.15) is 31.3 Å². The van der Waals surface area contributed by atoms with Gasteiger partial charge in [0.1, 0.15) is 5.82 Å². The van der Waals surface area contributed by atoms with Crippen LogP contribution >= 0.6 is 0 Å². The Kier molecular flexibility index (Phi) is 5.16. The molecule has 0 N–H and O–H groups in total. The summed E-state index contributed by atoms with van der Waals surface area (Å²) in [7, 11) is 4.00. The Hall–Kier alpha value is -2.95. The Labute approximate surface area is 155 Å². The molecule has 0 aliphatic carbocycles. The molecule has 3 heterocycles. The monoisotopic (exact) mass is 347 g/mol. The van der Waals surface area contributed by atoms with E-state index in [1.54, 1.807) is 6.20 Å². The molecule has 1 aliphatic heterocycles. The summed E-state index contributed by atoms with van der Waals surface area (Å²) in [6, 6.07) is 3.92. The molecule has 134 valence electrons. The quantitative estimate of drug-likeness (QED) is 0.757. The van der Waals surface area contributed by atoms with Crippen LogP contribution in [0.4, 0.5) is 5.69 Å². The first kappa shape index (κ1) is 17.9. The van der Waals surface area contributed by atoms with E-state index < -0.39 is 0 Å². The van der Waals surface area contributed by atoms with Crippen molar-refractivity contribution in [3.63, 3.8) is 0 Å². The first-order valence-corrected chi connectivity index (χ1v) is 8.81. The van der Waals surface area contributed by atoms with E-state index in [-0.39, 0.29) is 0 Å². The molecule has 0 amide bonds. The molecule has 0 spiro atoms. The summed E-state index contributed by atoms with van der Waals surface area (Å²) >= 11 is 0. The van der Waals surface area contributed by atoms with Crippen molar-refractivity contribution in [1.82, 2.24) is 14.5 Å². The van der Waals surface area contributed by atoms with E-state index in [1.165, 1.54) is 0 Å². The molecule has 5 nitrogen and oxygen atoms in total. The van der Waals surface area contributed by atoms with Gasteiger partial charge in [-0.1, -0.05) is 26.5 Å². The molecule has 1 aliphatic rings. The van der Waals surface area contributed by atoms with E-state index in [4.69, 9.17) is 0 Å². The number of allylic oxidation sites excluding steroid dienone is 2. The third-order valence-electron chi connectivity index (χ3n) is 4.65. The third-order valence-corrected chi connectivity index (χ3v) is 4.65. The predicted octanol–water partition coefficient (Wildman–Crippen LogP) is 4.12. The average Bonchev–Trinajstić information content (AvgIpc) is 3.28. The number of aromatic nitrogens is 3. The van der Waals surface area contributed by atoms with Crippen molar-refractivity contribution in [2.45, 2.75) is 19.8 Å². The van der Waals surface area contributed by atoms with Gasteiger partial charge in [-0.05, 0) is 30.2 Å². The van der Waals surface area contributed by atoms with Crippen LogP contribution in [0, 0.1) is 0 Å². The van der Waals surface area contributed by atoms with Crippen LogP contribution in [-0.2, 0) is 7.05 Å². The second-order valence-corrected chi connectivity index (χ2v) is 6.47. The summed E-state index contributed by atoms with van der Waals surface area (Å²) in [5.74, 6) is 0.920. The van der Waals surface area contributed by atoms with Crippen molar-refractivity contribution in [2.24, 2.45) is 12.0 Å². The molecule has 0 saturated carbocycles. The fourth-order valence-corrected chi connectivity index (χ4v) is 3.06. The molecule has 0 atom stereocenters. The fraction of sp³-hybridized carbons (Fsp3) is 0.286. The smallest absolute Gasteiger partial charge is 0.138 e. The Morgan fingerprint density at radius 2 is 2.12 bits per heavy atom. The van der Waals surface area contributed by atoms with Gasteiger partial charge in [-0.25, -0.2) is 4.98 Å². The Bertz CT molecular complexity index is 886. The summed E-state index contributed by atoms with van der Waals surface area (Å²) < 4.78 is 2.07. The van der Waals surface area contributed by atoms with Gasteiger partial charge in [0.15, 0.2) is 0 Å². The van der Waals surface area contributed by atoms with E-state index in [1.807, 2.05) is 43.5 Å². The topological polar surface area (TPSA) is 46.3 Å². The van der Waals surface area contributed by atoms with Crippen LogP contribution in [0.2, 0.25) is 0 Å². The zero-order valence-corrected chi connectivity index (χ0v) is 15.7. The van der Waals surface area contributed by atoms with E-state index in [0.717, 1.165) is 52.6 Å². The molecule has 3 rings (SSSR count). The first-order valence-electron chi connectivity index (χ1n) is 8.81. The summed E-state index contributed by atoms with van der Waals surface area (Å²) in [5.41, 5.74) is 6.03. The Balaban J connectivity index is 1.82. The van der Waals surface area contributed by atoms with Crippen LogP contribution in [0.15, 0.2) is 60.5 Å². The minimum absolute atomic E-state index is 0.646. The number of hydrogen-bond donors (Lipinski definition) is 0. The highest BCUT2D eigenvalue weighted by Crippen LogP contribution is 2.26. The van der Waals surface area contributed by atoms with E-state index >= 15 is 0 Å². The summed E-state index contributed by atoms with van der Waals surface area (Å²) in [5, 5.41) is 0. The maximum atomic E-state index is 4.62. The third kappa shape index (κ3) is 3.38. The molecule has 2 aromatic heterocycles. The van der Waals surface area contributed by atoms with Crippen LogP contribution in [0.25, 0.3) is 11.3 Å². The lowest BCUT2D eigenvalue weighted by Gasteiger charge is -2.21. The lowest BCUT2D eigenvalue weighted by molar-refractivity contribution is 0.867. The lowest BCUT2D eigenvalue weighted by atomic mass is 10.1. The van der Waals surface area contributed by atoms with Gasteiger partial charge in [0.05, 0.1) is 41.7 Å². The van der Waals surface area contributed by atoms with Gasteiger partial charge in [-0.15, -0.1) is 0 Å². The van der Waals surface area contributed by atoms with E-state index in [0.29, 0.717) is 6.54 Å². The van der Waals surface area contributed by atoms with Crippen molar-refractivity contribution >= 4 is 22.7 Å². The number of nitrogens with zero attached hydrogens (tertiary/aromatic N) is 5. The molecular formula is C21H25N5. The second-order valence-electron chi connectivity index (χ2n) is 6.47. The van der Waals surface area contributed by atoms with E-state index in [2.05, 4.69) is 45.7 Å². The minimum Gasteiger partial charge on any atom is -0.342 e. The normalized spacial score (nSPS) is 13.3. The molecule has 0 unspecified atom stereocenters. The van der Waals surface area contributed by atoms with Crippen LogP contribution in [0.3, 0.4) is 0 Å². The maximum Gasteiger partial charge on any atom is 0.138 e. The van der Waals surface area contributed by atoms with Gasteiger partial charge in [0.25, 0.3) is 0 Å². The van der Waals surface area contributed by atoms with Gasteiger partial charge in [0, 0.05) is 25.9 Å². The minimum atomic E-state index is 0.646. The molecule has 5 heteroatoms. The van der Waals surface area contributed by atoms with Crippen molar-refractivity contribution < 1.29 is 0 Å². The second kappa shape index (κ2) is 7.52. The maximum absolute atomic E-state index is 4.62. The highest BCUT2D eigenvalue weighted by Gasteiger charge is 2.19. The number of imidazole rings is 1. The SMILES string of the molecule is C=C(CCC)C1=NCC(c2ncc(C(=C)N(C)c3cccnc3)n2C)=C1. The van der Waals surface area contributed by atoms with Crippen molar-refractivity contribution in [3.8, 4) is 0 Å². The highest BCUT2D eigenvalue weighted by molar-refractivity contribution is 6.14. The molecule has 26 heavy (non-hydrogen) atoms. The summed E-state index contributed by atoms with van der Waals surface area (Å²) in [6.07, 6.45) is 9.61. The fourth-order valence-electron chi connectivity index (χ4n) is 3.06. The molecule has 2 aromatic rings. The Morgan fingerprint density at radius 1 is 1.31 bits per heavy atom. The lowest BCUT2D eigenvalue weighted by Crippen LogP contribution is -2.17. The van der Waals surface area contributed by atoms with E-state index in [9.17, 15) is 0 Å².